The number of nitrogen functional groups attached to an aromatic ring is 1. The van der Waals surface area contributed by atoms with E-state index in [9.17, 15) is 8.42 Å². The molecule has 1 aromatic carbocycles. The first-order valence-electron chi connectivity index (χ1n) is 7.18. The number of morpholine rings is 1. The predicted molar refractivity (Wildman–Crippen MR) is 84.4 cm³/mol. The van der Waals surface area contributed by atoms with Gasteiger partial charge in [0, 0.05) is 16.7 Å². The second-order valence-electron chi connectivity index (χ2n) is 5.57. The molecule has 2 atom stereocenters. The Kier molecular flexibility index (Phi) is 4.27. The maximum absolute atomic E-state index is 13.0. The lowest BCUT2D eigenvalue weighted by molar-refractivity contribution is -0.0586. The predicted octanol–water partition coefficient (Wildman–Crippen LogP) is 2.36. The molecule has 1 saturated heterocycles. The molecular formula is C14H19BrN2O3S. The summed E-state index contributed by atoms with van der Waals surface area (Å²) in [6.07, 6.45) is 3.99. The number of ether oxygens (including phenoxy) is 1. The van der Waals surface area contributed by atoms with E-state index >= 15 is 0 Å². The van der Waals surface area contributed by atoms with E-state index in [1.807, 2.05) is 0 Å². The average Bonchev–Trinajstić information content (AvgIpc) is 2.49. The highest BCUT2D eigenvalue weighted by Crippen LogP contribution is 2.34. The Bertz CT molecular complexity index is 633. The number of hydrogen-bond acceptors (Lipinski definition) is 4. The maximum atomic E-state index is 13.0. The van der Waals surface area contributed by atoms with Crippen molar-refractivity contribution in [1.29, 1.82) is 0 Å². The third-order valence-corrected chi connectivity index (χ3v) is 7.14. The van der Waals surface area contributed by atoms with Gasteiger partial charge in [-0.1, -0.05) is 12.8 Å². The summed E-state index contributed by atoms with van der Waals surface area (Å²) in [6, 6.07) is 4.84. The van der Waals surface area contributed by atoms with Gasteiger partial charge in [-0.3, -0.25) is 0 Å². The van der Waals surface area contributed by atoms with Gasteiger partial charge in [0.1, 0.15) is 0 Å². The normalized spacial score (nSPS) is 27.3. The van der Waals surface area contributed by atoms with Crippen LogP contribution in [-0.4, -0.2) is 38.0 Å². The van der Waals surface area contributed by atoms with Crippen molar-refractivity contribution in [3.8, 4) is 0 Å². The zero-order valence-electron chi connectivity index (χ0n) is 11.7. The number of sulfonamides is 1. The fourth-order valence-electron chi connectivity index (χ4n) is 3.20. The summed E-state index contributed by atoms with van der Waals surface area (Å²) in [6.45, 7) is 0.866. The van der Waals surface area contributed by atoms with E-state index in [2.05, 4.69) is 15.9 Å². The molecule has 0 spiro atoms. The fourth-order valence-corrected chi connectivity index (χ4v) is 5.83. The van der Waals surface area contributed by atoms with Crippen molar-refractivity contribution in [2.45, 2.75) is 42.7 Å². The molecule has 2 unspecified atom stereocenters. The van der Waals surface area contributed by atoms with E-state index < -0.39 is 10.0 Å². The van der Waals surface area contributed by atoms with Crippen LogP contribution in [0.25, 0.3) is 0 Å². The molecule has 2 fully saturated rings. The lowest BCUT2D eigenvalue weighted by atomic mass is 9.91. The third-order valence-electron chi connectivity index (χ3n) is 4.22. The van der Waals surface area contributed by atoms with E-state index in [-0.39, 0.29) is 17.0 Å². The van der Waals surface area contributed by atoms with Crippen LogP contribution < -0.4 is 5.73 Å². The second kappa shape index (κ2) is 5.87. The molecule has 2 N–H and O–H groups in total. The summed E-state index contributed by atoms with van der Waals surface area (Å²) in [5.74, 6) is 0. The van der Waals surface area contributed by atoms with E-state index in [4.69, 9.17) is 10.5 Å². The van der Waals surface area contributed by atoms with Gasteiger partial charge in [-0.25, -0.2) is 8.42 Å². The van der Waals surface area contributed by atoms with Gasteiger partial charge in [0.15, 0.2) is 0 Å². The minimum Gasteiger partial charge on any atom is -0.399 e. The molecule has 5 nitrogen and oxygen atoms in total. The van der Waals surface area contributed by atoms with E-state index in [0.717, 1.165) is 25.7 Å². The Morgan fingerprint density at radius 1 is 1.29 bits per heavy atom. The topological polar surface area (TPSA) is 72.6 Å². The van der Waals surface area contributed by atoms with Gasteiger partial charge in [-0.2, -0.15) is 4.31 Å². The maximum Gasteiger partial charge on any atom is 0.244 e. The Hall–Kier alpha value is -0.630. The highest BCUT2D eigenvalue weighted by Gasteiger charge is 2.41. The summed E-state index contributed by atoms with van der Waals surface area (Å²) in [4.78, 5) is 0.244. The Balaban J connectivity index is 1.98. The molecule has 1 aliphatic heterocycles. The molecule has 0 bridgehead atoms. The number of nitrogens with two attached hydrogens (primary N) is 1. The number of nitrogens with zero attached hydrogens (tertiary/aromatic N) is 1. The molecule has 1 aromatic rings. The Morgan fingerprint density at radius 3 is 2.86 bits per heavy atom. The van der Waals surface area contributed by atoms with E-state index in [0.29, 0.717) is 23.3 Å². The molecule has 21 heavy (non-hydrogen) atoms. The number of hydrogen-bond donors (Lipinski definition) is 1. The molecule has 0 amide bonds. The molecule has 3 rings (SSSR count). The lowest BCUT2D eigenvalue weighted by Crippen LogP contribution is -2.54. The molecule has 0 aromatic heterocycles. The van der Waals surface area contributed by atoms with Crippen LogP contribution >= 0.6 is 15.9 Å². The Labute approximate surface area is 133 Å². The van der Waals surface area contributed by atoms with Crippen LogP contribution in [0.2, 0.25) is 0 Å². The summed E-state index contributed by atoms with van der Waals surface area (Å²) in [5, 5.41) is 0. The second-order valence-corrected chi connectivity index (χ2v) is 8.28. The van der Waals surface area contributed by atoms with Crippen LogP contribution in [0.3, 0.4) is 0 Å². The van der Waals surface area contributed by atoms with Crippen LogP contribution in [0.15, 0.2) is 27.6 Å². The largest absolute Gasteiger partial charge is 0.399 e. The minimum atomic E-state index is -3.56. The van der Waals surface area contributed by atoms with Gasteiger partial charge >= 0.3 is 0 Å². The number of anilines is 1. The zero-order valence-corrected chi connectivity index (χ0v) is 14.1. The molecule has 1 saturated carbocycles. The molecule has 7 heteroatoms. The molecular weight excluding hydrogens is 356 g/mol. The molecule has 116 valence electrons. The number of benzene rings is 1. The van der Waals surface area contributed by atoms with Crippen molar-refractivity contribution < 1.29 is 13.2 Å². The van der Waals surface area contributed by atoms with Crippen LogP contribution in [0, 0.1) is 0 Å². The number of halogens is 1. The van der Waals surface area contributed by atoms with Gasteiger partial charge in [-0.15, -0.1) is 0 Å². The first-order valence-corrected chi connectivity index (χ1v) is 9.42. The average molecular weight is 375 g/mol. The molecule has 2 aliphatic rings. The Morgan fingerprint density at radius 2 is 2.05 bits per heavy atom. The van der Waals surface area contributed by atoms with Gasteiger partial charge in [0.25, 0.3) is 0 Å². The summed E-state index contributed by atoms with van der Waals surface area (Å²) >= 11 is 3.33. The molecule has 1 heterocycles. The van der Waals surface area contributed by atoms with Gasteiger partial charge in [-0.05, 0) is 47.0 Å². The number of rotatable bonds is 2. The summed E-state index contributed by atoms with van der Waals surface area (Å²) in [5.41, 5.74) is 6.21. The highest BCUT2D eigenvalue weighted by molar-refractivity contribution is 9.10. The monoisotopic (exact) mass is 374 g/mol. The number of fused-ring (bicyclic) bond motifs is 1. The first-order chi connectivity index (χ1) is 10.00. The third kappa shape index (κ3) is 2.84. The molecule has 1 aliphatic carbocycles. The van der Waals surface area contributed by atoms with Crippen LogP contribution in [0.1, 0.15) is 25.7 Å². The zero-order chi connectivity index (χ0) is 15.0. The van der Waals surface area contributed by atoms with Gasteiger partial charge in [0.05, 0.1) is 23.6 Å². The summed E-state index contributed by atoms with van der Waals surface area (Å²) in [7, 11) is -3.56. The van der Waals surface area contributed by atoms with Crippen molar-refractivity contribution >= 4 is 31.6 Å². The highest BCUT2D eigenvalue weighted by atomic mass is 79.9. The minimum absolute atomic E-state index is 0.0297. The van der Waals surface area contributed by atoms with E-state index in [1.54, 1.807) is 16.4 Å². The van der Waals surface area contributed by atoms with Crippen molar-refractivity contribution in [3.05, 3.63) is 22.7 Å². The first kappa shape index (κ1) is 15.3. The van der Waals surface area contributed by atoms with Gasteiger partial charge in [0.2, 0.25) is 10.0 Å². The fraction of sp³-hybridized carbons (Fsp3) is 0.571. The standard InChI is InChI=1S/C14H19BrN2O3S/c15-11-6-5-10(16)9-14(11)21(18,19)17-7-8-20-13-4-2-1-3-12(13)17/h5-6,9,12-13H,1-4,7-8,16H2. The molecule has 0 radical (unpaired) electrons. The quantitative estimate of drug-likeness (QED) is 0.806. The van der Waals surface area contributed by atoms with E-state index in [1.165, 1.54) is 6.07 Å². The smallest absolute Gasteiger partial charge is 0.244 e. The van der Waals surface area contributed by atoms with Crippen molar-refractivity contribution in [2.75, 3.05) is 18.9 Å². The van der Waals surface area contributed by atoms with Crippen LogP contribution in [0.4, 0.5) is 5.69 Å². The lowest BCUT2D eigenvalue weighted by Gasteiger charge is -2.42. The van der Waals surface area contributed by atoms with Crippen LogP contribution in [0.5, 0.6) is 0 Å². The van der Waals surface area contributed by atoms with Gasteiger partial charge < -0.3 is 10.5 Å². The van der Waals surface area contributed by atoms with Crippen molar-refractivity contribution in [1.82, 2.24) is 4.31 Å². The SMILES string of the molecule is Nc1ccc(Br)c(S(=O)(=O)N2CCOC3CCCCC32)c1. The summed E-state index contributed by atoms with van der Waals surface area (Å²) < 4.78 is 33.9. The van der Waals surface area contributed by atoms with Crippen molar-refractivity contribution in [3.63, 3.8) is 0 Å². The van der Waals surface area contributed by atoms with Crippen molar-refractivity contribution in [2.24, 2.45) is 0 Å². The van der Waals surface area contributed by atoms with Crippen LogP contribution in [-0.2, 0) is 14.8 Å².